The van der Waals surface area contributed by atoms with E-state index in [0.29, 0.717) is 16.5 Å². The first-order chi connectivity index (χ1) is 13.0. The topological polar surface area (TPSA) is 67.4 Å². The van der Waals surface area contributed by atoms with Crippen molar-refractivity contribution < 1.29 is 18.7 Å². The first kappa shape index (κ1) is 18.7. The Balaban J connectivity index is 1.51. The summed E-state index contributed by atoms with van der Waals surface area (Å²) in [5.74, 6) is -0.732. The lowest BCUT2D eigenvalue weighted by molar-refractivity contribution is -0.125. The zero-order chi connectivity index (χ0) is 19.2. The van der Waals surface area contributed by atoms with Gasteiger partial charge in [-0.1, -0.05) is 35.9 Å². The summed E-state index contributed by atoms with van der Waals surface area (Å²) in [4.78, 5) is 23.7. The SMILES string of the molecule is O=C(COc1ccc(Cl)c2ccccc12)NCC(=O)Nc1ccc(F)cc1. The number of amides is 2. The van der Waals surface area contributed by atoms with Gasteiger partial charge in [0.25, 0.3) is 5.91 Å². The number of carbonyl (C=O) groups is 2. The molecule has 3 rings (SSSR count). The summed E-state index contributed by atoms with van der Waals surface area (Å²) in [7, 11) is 0. The highest BCUT2D eigenvalue weighted by Crippen LogP contribution is 2.31. The minimum absolute atomic E-state index is 0.221. The molecule has 0 aliphatic rings. The Bertz CT molecular complexity index is 977. The van der Waals surface area contributed by atoms with Crippen molar-refractivity contribution in [2.75, 3.05) is 18.5 Å². The molecule has 138 valence electrons. The average Bonchev–Trinajstić information content (AvgIpc) is 2.68. The second-order valence-corrected chi connectivity index (χ2v) is 6.12. The zero-order valence-corrected chi connectivity index (χ0v) is 14.9. The molecule has 0 radical (unpaired) electrons. The van der Waals surface area contributed by atoms with Crippen molar-refractivity contribution in [1.29, 1.82) is 0 Å². The maximum absolute atomic E-state index is 12.8. The van der Waals surface area contributed by atoms with Crippen molar-refractivity contribution in [3.63, 3.8) is 0 Å². The Labute approximate surface area is 160 Å². The van der Waals surface area contributed by atoms with Gasteiger partial charge in [0.1, 0.15) is 11.6 Å². The van der Waals surface area contributed by atoms with Gasteiger partial charge in [-0.15, -0.1) is 0 Å². The molecule has 0 aliphatic heterocycles. The van der Waals surface area contributed by atoms with E-state index in [-0.39, 0.29) is 13.2 Å². The Kier molecular flexibility index (Phi) is 5.88. The molecule has 7 heteroatoms. The Morgan fingerprint density at radius 3 is 2.37 bits per heavy atom. The van der Waals surface area contributed by atoms with Crippen LogP contribution in [0.3, 0.4) is 0 Å². The smallest absolute Gasteiger partial charge is 0.258 e. The van der Waals surface area contributed by atoms with Gasteiger partial charge in [-0.2, -0.15) is 0 Å². The van der Waals surface area contributed by atoms with Crippen LogP contribution in [0.15, 0.2) is 60.7 Å². The van der Waals surface area contributed by atoms with Gasteiger partial charge >= 0.3 is 0 Å². The molecule has 27 heavy (non-hydrogen) atoms. The molecule has 0 bridgehead atoms. The molecule has 3 aromatic carbocycles. The van der Waals surface area contributed by atoms with Crippen LogP contribution in [-0.4, -0.2) is 25.0 Å². The van der Waals surface area contributed by atoms with E-state index in [2.05, 4.69) is 10.6 Å². The summed E-state index contributed by atoms with van der Waals surface area (Å²) < 4.78 is 18.4. The maximum Gasteiger partial charge on any atom is 0.258 e. The summed E-state index contributed by atoms with van der Waals surface area (Å²) in [5.41, 5.74) is 0.444. The molecule has 0 atom stereocenters. The fourth-order valence-electron chi connectivity index (χ4n) is 2.47. The Morgan fingerprint density at radius 2 is 1.63 bits per heavy atom. The van der Waals surface area contributed by atoms with Crippen molar-refractivity contribution in [2.24, 2.45) is 0 Å². The molecule has 0 saturated carbocycles. The van der Waals surface area contributed by atoms with E-state index in [1.54, 1.807) is 12.1 Å². The summed E-state index contributed by atoms with van der Waals surface area (Å²) in [6.07, 6.45) is 0. The fourth-order valence-corrected chi connectivity index (χ4v) is 2.70. The van der Waals surface area contributed by atoms with Crippen LogP contribution in [0.25, 0.3) is 10.8 Å². The number of hydrogen-bond donors (Lipinski definition) is 2. The van der Waals surface area contributed by atoms with Crippen molar-refractivity contribution >= 4 is 39.9 Å². The predicted octanol–water partition coefficient (Wildman–Crippen LogP) is 3.77. The number of rotatable bonds is 6. The third-order valence-electron chi connectivity index (χ3n) is 3.76. The first-order valence-corrected chi connectivity index (χ1v) is 8.53. The number of benzene rings is 3. The zero-order valence-electron chi connectivity index (χ0n) is 14.2. The molecular formula is C20H16ClFN2O3. The lowest BCUT2D eigenvalue weighted by Gasteiger charge is -2.11. The van der Waals surface area contributed by atoms with Gasteiger partial charge in [-0.3, -0.25) is 9.59 Å². The van der Waals surface area contributed by atoms with E-state index in [1.807, 2.05) is 24.3 Å². The second-order valence-electron chi connectivity index (χ2n) is 5.71. The van der Waals surface area contributed by atoms with Gasteiger partial charge in [0.15, 0.2) is 6.61 Å². The van der Waals surface area contributed by atoms with Gasteiger partial charge in [0.2, 0.25) is 5.91 Å². The molecule has 0 spiro atoms. The van der Waals surface area contributed by atoms with E-state index in [0.717, 1.165) is 10.8 Å². The lowest BCUT2D eigenvalue weighted by Crippen LogP contribution is -2.35. The largest absolute Gasteiger partial charge is 0.483 e. The molecule has 0 saturated heterocycles. The van der Waals surface area contributed by atoms with Gasteiger partial charge in [0, 0.05) is 21.5 Å². The van der Waals surface area contributed by atoms with Crippen LogP contribution in [0.1, 0.15) is 0 Å². The second kappa shape index (κ2) is 8.51. The number of carbonyl (C=O) groups excluding carboxylic acids is 2. The summed E-state index contributed by atoms with van der Waals surface area (Å²) in [6, 6.07) is 16.2. The van der Waals surface area contributed by atoms with Crippen LogP contribution >= 0.6 is 11.6 Å². The van der Waals surface area contributed by atoms with Gasteiger partial charge in [-0.05, 0) is 36.4 Å². The number of halogens is 2. The molecule has 3 aromatic rings. The first-order valence-electron chi connectivity index (χ1n) is 8.15. The average molecular weight is 387 g/mol. The third kappa shape index (κ3) is 4.95. The molecule has 2 N–H and O–H groups in total. The van der Waals surface area contributed by atoms with Crippen LogP contribution in [0.4, 0.5) is 10.1 Å². The minimum Gasteiger partial charge on any atom is -0.483 e. The van der Waals surface area contributed by atoms with Crippen LogP contribution in [0, 0.1) is 5.82 Å². The number of ether oxygens (including phenoxy) is 1. The minimum atomic E-state index is -0.441. The van der Waals surface area contributed by atoms with Crippen molar-refractivity contribution in [3.05, 3.63) is 71.5 Å². The number of hydrogen-bond acceptors (Lipinski definition) is 3. The van der Waals surface area contributed by atoms with Crippen LogP contribution in [0.5, 0.6) is 5.75 Å². The molecule has 0 unspecified atom stereocenters. The summed E-state index contributed by atoms with van der Waals surface area (Å²) >= 11 is 6.15. The summed E-state index contributed by atoms with van der Waals surface area (Å²) in [6.45, 7) is -0.462. The Morgan fingerprint density at radius 1 is 0.926 bits per heavy atom. The lowest BCUT2D eigenvalue weighted by atomic mass is 10.1. The van der Waals surface area contributed by atoms with E-state index < -0.39 is 17.6 Å². The van der Waals surface area contributed by atoms with Gasteiger partial charge < -0.3 is 15.4 Å². The number of anilines is 1. The molecule has 0 heterocycles. The fraction of sp³-hybridized carbons (Fsp3) is 0.100. The van der Waals surface area contributed by atoms with Crippen LogP contribution in [-0.2, 0) is 9.59 Å². The van der Waals surface area contributed by atoms with Crippen LogP contribution < -0.4 is 15.4 Å². The normalized spacial score (nSPS) is 10.4. The van der Waals surface area contributed by atoms with Crippen molar-refractivity contribution in [2.45, 2.75) is 0 Å². The monoisotopic (exact) mass is 386 g/mol. The maximum atomic E-state index is 12.8. The highest BCUT2D eigenvalue weighted by atomic mass is 35.5. The molecular weight excluding hydrogens is 371 g/mol. The van der Waals surface area contributed by atoms with E-state index in [4.69, 9.17) is 16.3 Å². The number of fused-ring (bicyclic) bond motifs is 1. The van der Waals surface area contributed by atoms with Crippen LogP contribution in [0.2, 0.25) is 5.02 Å². The summed E-state index contributed by atoms with van der Waals surface area (Å²) in [5, 5.41) is 7.25. The van der Waals surface area contributed by atoms with E-state index >= 15 is 0 Å². The standard InChI is InChI=1S/C20H16ClFN2O3/c21-17-9-10-18(16-4-2-1-3-15(16)17)27-12-20(26)23-11-19(25)24-14-7-5-13(22)6-8-14/h1-10H,11-12H2,(H,23,26)(H,24,25). The molecule has 0 aliphatic carbocycles. The molecule has 2 amide bonds. The highest BCUT2D eigenvalue weighted by Gasteiger charge is 2.09. The highest BCUT2D eigenvalue weighted by molar-refractivity contribution is 6.35. The van der Waals surface area contributed by atoms with Gasteiger partial charge in [0.05, 0.1) is 6.54 Å². The van der Waals surface area contributed by atoms with Gasteiger partial charge in [-0.25, -0.2) is 4.39 Å². The number of nitrogens with one attached hydrogen (secondary N) is 2. The molecule has 0 fully saturated rings. The van der Waals surface area contributed by atoms with Crippen molar-refractivity contribution in [3.8, 4) is 5.75 Å². The van der Waals surface area contributed by atoms with E-state index in [1.165, 1.54) is 24.3 Å². The molecule has 0 aromatic heterocycles. The third-order valence-corrected chi connectivity index (χ3v) is 4.09. The van der Waals surface area contributed by atoms with Crippen molar-refractivity contribution in [1.82, 2.24) is 5.32 Å². The predicted molar refractivity (Wildman–Crippen MR) is 102 cm³/mol. The van der Waals surface area contributed by atoms with E-state index in [9.17, 15) is 14.0 Å². The molecule has 5 nitrogen and oxygen atoms in total. The quantitative estimate of drug-likeness (QED) is 0.677. The Hall–Kier alpha value is -3.12.